The van der Waals surface area contributed by atoms with Crippen molar-refractivity contribution in [1.82, 2.24) is 0 Å². The summed E-state index contributed by atoms with van der Waals surface area (Å²) >= 11 is 0. The Labute approximate surface area is 174 Å². The lowest BCUT2D eigenvalue weighted by atomic mass is 9.95. The highest BCUT2D eigenvalue weighted by atomic mass is 16.5. The lowest BCUT2D eigenvalue weighted by Gasteiger charge is -2.28. The minimum absolute atomic E-state index is 0.0277. The monoisotopic (exact) mass is 396 g/mol. The number of aryl methyl sites for hydroxylation is 1. The number of hydrogen-bond donors (Lipinski definition) is 2. The van der Waals surface area contributed by atoms with Gasteiger partial charge in [-0.2, -0.15) is 0 Å². The summed E-state index contributed by atoms with van der Waals surface area (Å²) < 4.78 is 5.40. The van der Waals surface area contributed by atoms with Crippen LogP contribution in [0.1, 0.15) is 37.9 Å². The van der Waals surface area contributed by atoms with Crippen molar-refractivity contribution in [3.05, 3.63) is 59.7 Å². The molecule has 1 fully saturated rings. The molecule has 29 heavy (non-hydrogen) atoms. The third-order valence-corrected chi connectivity index (χ3v) is 5.58. The second-order valence-corrected chi connectivity index (χ2v) is 8.00. The molecule has 2 aromatic carbocycles. The van der Waals surface area contributed by atoms with Crippen molar-refractivity contribution in [2.45, 2.75) is 33.2 Å². The van der Waals surface area contributed by atoms with E-state index in [0.717, 1.165) is 38.4 Å². The van der Waals surface area contributed by atoms with Crippen LogP contribution in [0.25, 0.3) is 0 Å². The molecule has 3 N–H and O–H groups in total. The van der Waals surface area contributed by atoms with Gasteiger partial charge in [-0.25, -0.2) is 0 Å². The predicted octanol–water partition coefficient (Wildman–Crippen LogP) is 2.98. The van der Waals surface area contributed by atoms with Gasteiger partial charge in [-0.3, -0.25) is 4.79 Å². The number of nitrogens with two attached hydrogens (primary N) is 1. The molecule has 1 heterocycles. The molecule has 1 amide bonds. The first-order valence-electron chi connectivity index (χ1n) is 10.7. The molecule has 1 aliphatic rings. The van der Waals surface area contributed by atoms with Crippen LogP contribution >= 0.6 is 0 Å². The Hall–Kier alpha value is -2.37. The molecule has 0 aromatic heterocycles. The van der Waals surface area contributed by atoms with Crippen molar-refractivity contribution in [1.29, 1.82) is 0 Å². The van der Waals surface area contributed by atoms with Gasteiger partial charge in [0.1, 0.15) is 6.04 Å². The zero-order valence-electron chi connectivity index (χ0n) is 17.9. The number of nitrogens with zero attached hydrogens (tertiary/aromatic N) is 1. The van der Waals surface area contributed by atoms with Gasteiger partial charge in [0.25, 0.3) is 5.91 Å². The van der Waals surface area contributed by atoms with Gasteiger partial charge >= 0.3 is 0 Å². The van der Waals surface area contributed by atoms with Crippen molar-refractivity contribution in [3.8, 4) is 0 Å². The fourth-order valence-electron chi connectivity index (χ4n) is 3.79. The van der Waals surface area contributed by atoms with Crippen molar-refractivity contribution in [2.75, 3.05) is 43.1 Å². The molecule has 0 aliphatic carbocycles. The number of quaternary nitrogens is 1. The number of carbonyl (C=O) groups is 1. The molecule has 1 saturated heterocycles. The number of amides is 1. The fraction of sp³-hybridized carbons (Fsp3) is 0.458. The van der Waals surface area contributed by atoms with Crippen LogP contribution in [0.5, 0.6) is 0 Å². The van der Waals surface area contributed by atoms with E-state index in [2.05, 4.69) is 72.7 Å². The molecule has 2 aromatic rings. The predicted molar refractivity (Wildman–Crippen MR) is 118 cm³/mol. The lowest BCUT2D eigenvalue weighted by Crippen LogP contribution is -2.88. The second-order valence-electron chi connectivity index (χ2n) is 8.00. The minimum Gasteiger partial charge on any atom is -0.378 e. The first kappa shape index (κ1) is 21.3. The Bertz CT molecular complexity index is 766. The summed E-state index contributed by atoms with van der Waals surface area (Å²) in [7, 11) is 0. The van der Waals surface area contributed by atoms with Gasteiger partial charge in [0.2, 0.25) is 0 Å². The van der Waals surface area contributed by atoms with Crippen molar-refractivity contribution < 1.29 is 14.8 Å². The van der Waals surface area contributed by atoms with Gasteiger partial charge in [0.05, 0.1) is 13.2 Å². The number of carbonyl (C=O) groups excluding carboxylic acids is 1. The maximum atomic E-state index is 12.5. The topological polar surface area (TPSA) is 58.2 Å². The van der Waals surface area contributed by atoms with Gasteiger partial charge in [-0.15, -0.1) is 0 Å². The van der Waals surface area contributed by atoms with Gasteiger partial charge in [0, 0.05) is 35.9 Å². The number of rotatable bonds is 8. The van der Waals surface area contributed by atoms with Gasteiger partial charge < -0.3 is 20.3 Å². The fourth-order valence-corrected chi connectivity index (χ4v) is 3.79. The summed E-state index contributed by atoms with van der Waals surface area (Å²) in [6.07, 6.45) is 1.04. The first-order chi connectivity index (χ1) is 14.1. The highest BCUT2D eigenvalue weighted by Gasteiger charge is 2.20. The van der Waals surface area contributed by atoms with E-state index in [9.17, 15) is 4.79 Å². The van der Waals surface area contributed by atoms with Crippen LogP contribution in [0.2, 0.25) is 0 Å². The summed E-state index contributed by atoms with van der Waals surface area (Å²) in [4.78, 5) is 14.8. The lowest BCUT2D eigenvalue weighted by molar-refractivity contribution is -0.692. The Balaban J connectivity index is 1.53. The molecule has 1 aliphatic heterocycles. The number of morpholine rings is 1. The zero-order chi connectivity index (χ0) is 20.6. The SMILES string of the molecule is CCc1ccc([C@H]([NH2+]CC(=O)Nc2ccc(N3CCOCC3)cc2)C(C)C)cc1. The molecule has 0 spiro atoms. The summed E-state index contributed by atoms with van der Waals surface area (Å²) in [5.74, 6) is 0.475. The molecule has 0 bridgehead atoms. The molecule has 3 rings (SSSR count). The van der Waals surface area contributed by atoms with Crippen LogP contribution < -0.4 is 15.5 Å². The van der Waals surface area contributed by atoms with Crippen LogP contribution in [-0.4, -0.2) is 38.8 Å². The standard InChI is InChI=1S/C24H33N3O2/c1-4-19-5-7-20(8-6-19)24(18(2)3)25-17-23(28)26-21-9-11-22(12-10-21)27-13-15-29-16-14-27/h5-12,18,24-25H,4,13-17H2,1-3H3,(H,26,28)/p+1/t24-/m1/s1. The summed E-state index contributed by atoms with van der Waals surface area (Å²) in [6.45, 7) is 10.4. The number of nitrogens with one attached hydrogen (secondary N) is 1. The van der Waals surface area contributed by atoms with E-state index in [-0.39, 0.29) is 11.9 Å². The van der Waals surface area contributed by atoms with Crippen LogP contribution in [-0.2, 0) is 16.0 Å². The average Bonchev–Trinajstić information content (AvgIpc) is 2.75. The Morgan fingerprint density at radius 2 is 1.72 bits per heavy atom. The largest absolute Gasteiger partial charge is 0.378 e. The summed E-state index contributed by atoms with van der Waals surface area (Å²) in [5.41, 5.74) is 4.64. The highest BCUT2D eigenvalue weighted by Crippen LogP contribution is 2.20. The molecule has 5 nitrogen and oxygen atoms in total. The molecule has 1 atom stereocenters. The third-order valence-electron chi connectivity index (χ3n) is 5.58. The molecular formula is C24H34N3O2+. The first-order valence-corrected chi connectivity index (χ1v) is 10.7. The van der Waals surface area contributed by atoms with E-state index in [0.29, 0.717) is 12.5 Å². The number of ether oxygens (including phenoxy) is 1. The van der Waals surface area contributed by atoms with Crippen LogP contribution in [0.4, 0.5) is 11.4 Å². The van der Waals surface area contributed by atoms with Crippen LogP contribution in [0.3, 0.4) is 0 Å². The minimum atomic E-state index is 0.0277. The number of anilines is 2. The zero-order valence-corrected chi connectivity index (χ0v) is 17.9. The van der Waals surface area contributed by atoms with Crippen LogP contribution in [0.15, 0.2) is 48.5 Å². The van der Waals surface area contributed by atoms with E-state index in [4.69, 9.17) is 4.74 Å². The average molecular weight is 397 g/mol. The molecule has 5 heteroatoms. The Morgan fingerprint density at radius 1 is 1.07 bits per heavy atom. The van der Waals surface area contributed by atoms with Gasteiger partial charge in [0.15, 0.2) is 6.54 Å². The van der Waals surface area contributed by atoms with E-state index >= 15 is 0 Å². The molecule has 0 radical (unpaired) electrons. The van der Waals surface area contributed by atoms with E-state index in [1.165, 1.54) is 16.8 Å². The normalized spacial score (nSPS) is 15.4. The second kappa shape index (κ2) is 10.4. The molecular weight excluding hydrogens is 362 g/mol. The van der Waals surface area contributed by atoms with Crippen molar-refractivity contribution >= 4 is 17.3 Å². The summed E-state index contributed by atoms with van der Waals surface area (Å²) in [6, 6.07) is 17.1. The van der Waals surface area contributed by atoms with E-state index in [1.54, 1.807) is 0 Å². The third kappa shape index (κ3) is 6.05. The molecule has 156 valence electrons. The molecule has 0 saturated carbocycles. The quantitative estimate of drug-likeness (QED) is 0.721. The highest BCUT2D eigenvalue weighted by molar-refractivity contribution is 5.91. The van der Waals surface area contributed by atoms with E-state index < -0.39 is 0 Å². The van der Waals surface area contributed by atoms with Gasteiger partial charge in [-0.1, -0.05) is 45.0 Å². The maximum Gasteiger partial charge on any atom is 0.279 e. The maximum absolute atomic E-state index is 12.5. The van der Waals surface area contributed by atoms with Crippen molar-refractivity contribution in [2.24, 2.45) is 5.92 Å². The van der Waals surface area contributed by atoms with Gasteiger partial charge in [-0.05, 0) is 36.2 Å². The van der Waals surface area contributed by atoms with Crippen molar-refractivity contribution in [3.63, 3.8) is 0 Å². The van der Waals surface area contributed by atoms with Crippen LogP contribution in [0, 0.1) is 5.92 Å². The summed E-state index contributed by atoms with van der Waals surface area (Å²) in [5, 5.41) is 5.16. The number of hydrogen-bond acceptors (Lipinski definition) is 3. The van der Waals surface area contributed by atoms with E-state index in [1.807, 2.05) is 12.1 Å². The molecule has 0 unspecified atom stereocenters. The number of benzene rings is 2. The Kier molecular flexibility index (Phi) is 7.67. The smallest absolute Gasteiger partial charge is 0.279 e. The Morgan fingerprint density at radius 3 is 2.31 bits per heavy atom.